The first-order valence-electron chi connectivity index (χ1n) is 3.97. The number of carbonyl (C=O) groups excluding carboxylic acids is 1. The van der Waals surface area contributed by atoms with E-state index in [0.29, 0.717) is 0 Å². The van der Waals surface area contributed by atoms with Crippen molar-refractivity contribution in [3.8, 4) is 0 Å². The molecule has 0 N–H and O–H groups in total. The van der Waals surface area contributed by atoms with Gasteiger partial charge in [-0.1, -0.05) is 6.92 Å². The quantitative estimate of drug-likeness (QED) is 0.552. The van der Waals surface area contributed by atoms with Gasteiger partial charge in [0.25, 0.3) is 0 Å². The highest BCUT2D eigenvalue weighted by molar-refractivity contribution is 14.1. The number of hydrogen-bond donors (Lipinski definition) is 0. The molecule has 1 rings (SSSR count). The third-order valence-corrected chi connectivity index (χ3v) is 8.16. The van der Waals surface area contributed by atoms with Crippen LogP contribution in [0.25, 0.3) is 0 Å². The Balaban J connectivity index is 2.92. The molecular weight excluding hydrogens is 371 g/mol. The number of carbonyl (C=O) groups is 1. The van der Waals surface area contributed by atoms with E-state index < -0.39 is 11.5 Å². The fourth-order valence-corrected chi connectivity index (χ4v) is 4.14. The van der Waals surface area contributed by atoms with Crippen LogP contribution >= 0.6 is 38.5 Å². The fraction of sp³-hybridized carbons (Fsp3) is 0.857. The molecule has 0 radical (unpaired) electrons. The van der Waals surface area contributed by atoms with E-state index in [1.165, 1.54) is 0 Å². The van der Waals surface area contributed by atoms with Crippen molar-refractivity contribution in [1.29, 1.82) is 0 Å². The second-order valence-corrected chi connectivity index (χ2v) is 11.0. The first-order chi connectivity index (χ1) is 5.83. The lowest BCUT2D eigenvalue weighted by Gasteiger charge is -2.18. The first kappa shape index (κ1) is 11.9. The molecule has 1 fully saturated rings. The largest absolute Gasteiger partial charge is 0.296 e. The van der Waals surface area contributed by atoms with Gasteiger partial charge >= 0.3 is 0 Å². The zero-order chi connectivity index (χ0) is 10.3. The van der Waals surface area contributed by atoms with Gasteiger partial charge in [-0.25, -0.2) is 8.42 Å². The topological polar surface area (TPSA) is 51.2 Å². The van der Waals surface area contributed by atoms with Crippen LogP contribution in [-0.4, -0.2) is 21.6 Å². The van der Waals surface area contributed by atoms with Crippen molar-refractivity contribution in [1.82, 2.24) is 0 Å². The molecule has 76 valence electrons. The molecule has 0 amide bonds. The number of halogens is 2. The molecule has 1 aliphatic carbocycles. The van der Waals surface area contributed by atoms with Crippen LogP contribution in [0.4, 0.5) is 0 Å². The monoisotopic (exact) mass is 380 g/mol. The van der Waals surface area contributed by atoms with Crippen LogP contribution in [0.1, 0.15) is 19.8 Å². The fourth-order valence-electron chi connectivity index (χ4n) is 0.918. The summed E-state index contributed by atoms with van der Waals surface area (Å²) in [4.78, 5) is 11.6. The minimum Gasteiger partial charge on any atom is -0.296 e. The van der Waals surface area contributed by atoms with Crippen LogP contribution < -0.4 is 0 Å². The number of alkyl halides is 2. The third-order valence-electron chi connectivity index (χ3n) is 2.01. The maximum atomic E-state index is 11.6. The van der Waals surface area contributed by atoms with Crippen molar-refractivity contribution in [2.45, 2.75) is 21.4 Å². The maximum Gasteiger partial charge on any atom is 0.234 e. The molecule has 1 atom stereocenters. The van der Waals surface area contributed by atoms with E-state index in [0.717, 1.165) is 12.8 Å². The first-order valence-corrected chi connectivity index (χ1v) is 7.49. The Bertz CT molecular complexity index is 319. The number of hydrogen-bond acceptors (Lipinski definition) is 3. The lowest BCUT2D eigenvalue weighted by atomic mass is 10.3. The highest BCUT2D eigenvalue weighted by Crippen LogP contribution is 2.43. The average molecular weight is 381 g/mol. The van der Waals surface area contributed by atoms with E-state index in [4.69, 9.17) is 0 Å². The summed E-state index contributed by atoms with van der Waals surface area (Å²) in [5.74, 6) is -0.257. The van der Waals surface area contributed by atoms with Gasteiger partial charge in [0.15, 0.2) is 15.6 Å². The minimum atomic E-state index is -3.35. The van der Waals surface area contributed by atoms with E-state index >= 15 is 0 Å². The van der Waals surface area contributed by atoms with Crippen LogP contribution in [0, 0.1) is 5.92 Å². The Morgan fingerprint density at radius 2 is 2.08 bits per heavy atom. The van der Waals surface area contributed by atoms with Crippen molar-refractivity contribution >= 4 is 54.1 Å². The highest BCUT2D eigenvalue weighted by atomic mass is 127. The van der Waals surface area contributed by atoms with Gasteiger partial charge in [-0.05, 0) is 51.4 Å². The molecule has 3 nitrogen and oxygen atoms in total. The van der Waals surface area contributed by atoms with Gasteiger partial charge in [-0.2, -0.15) is 0 Å². The van der Waals surface area contributed by atoms with Crippen LogP contribution in [0.5, 0.6) is 0 Å². The van der Waals surface area contributed by atoms with E-state index in [2.05, 4.69) is 15.9 Å². The Morgan fingerprint density at radius 1 is 1.62 bits per heavy atom. The third kappa shape index (κ3) is 2.26. The maximum absolute atomic E-state index is 11.6. The summed E-state index contributed by atoms with van der Waals surface area (Å²) in [7, 11) is -3.35. The molecule has 0 aromatic rings. The van der Waals surface area contributed by atoms with Crippen LogP contribution in [-0.2, 0) is 14.6 Å². The van der Waals surface area contributed by atoms with Gasteiger partial charge < -0.3 is 0 Å². The van der Waals surface area contributed by atoms with Crippen molar-refractivity contribution in [2.24, 2.45) is 5.92 Å². The zero-order valence-corrected chi connectivity index (χ0v) is 11.6. The second-order valence-electron chi connectivity index (χ2n) is 3.06. The number of Topliss-reactive ketones (excluding diaryl/α,β-unsaturated/α-hetero) is 1. The molecule has 0 unspecified atom stereocenters. The van der Waals surface area contributed by atoms with E-state index in [1.807, 2.05) is 0 Å². The van der Waals surface area contributed by atoms with Crippen molar-refractivity contribution in [2.75, 3.05) is 5.75 Å². The smallest absolute Gasteiger partial charge is 0.234 e. The molecule has 6 heteroatoms. The Morgan fingerprint density at radius 3 is 2.38 bits per heavy atom. The number of sulfone groups is 1. The summed E-state index contributed by atoms with van der Waals surface area (Å²) >= 11 is 4.70. The molecule has 0 aliphatic heterocycles. The zero-order valence-electron chi connectivity index (χ0n) is 7.09. The van der Waals surface area contributed by atoms with Gasteiger partial charge in [0, 0.05) is 5.92 Å². The summed E-state index contributed by atoms with van der Waals surface area (Å²) in [5.41, 5.74) is 0. The molecule has 0 saturated heterocycles. The molecule has 1 aliphatic rings. The van der Waals surface area contributed by atoms with Gasteiger partial charge in [-0.3, -0.25) is 4.79 Å². The number of rotatable bonds is 4. The Hall–Kier alpha value is 0.830. The van der Waals surface area contributed by atoms with E-state index in [9.17, 15) is 13.2 Å². The summed E-state index contributed by atoms with van der Waals surface area (Å²) < 4.78 is 21.6. The van der Waals surface area contributed by atoms with Gasteiger partial charge in [0.2, 0.25) is 1.66 Å². The molecule has 1 saturated carbocycles. The summed E-state index contributed by atoms with van der Waals surface area (Å²) in [6.07, 6.45) is 1.66. The molecule has 0 aromatic heterocycles. The second kappa shape index (κ2) is 3.77. The average Bonchev–Trinajstić information content (AvgIpc) is 2.85. The number of ketones is 1. The van der Waals surface area contributed by atoms with Crippen molar-refractivity contribution < 1.29 is 13.2 Å². The lowest BCUT2D eigenvalue weighted by molar-refractivity contribution is -0.118. The van der Waals surface area contributed by atoms with E-state index in [1.54, 1.807) is 29.5 Å². The Kier molecular flexibility index (Phi) is 3.45. The molecule has 0 spiro atoms. The summed E-state index contributed by atoms with van der Waals surface area (Å²) in [5, 5.41) is 0. The Labute approximate surface area is 99.8 Å². The molecule has 0 heterocycles. The lowest BCUT2D eigenvalue weighted by Crippen LogP contribution is -2.36. The molecule has 0 bridgehead atoms. The SMILES string of the molecule is CCS(=O)(=O)[C@@](Br)(I)C(=O)C1CC1. The predicted octanol–water partition coefficient (Wildman–Crippen LogP) is 1.88. The molecular formula is C7H10BrIO3S. The minimum absolute atomic E-state index is 0.0142. The standard InChI is InChI=1S/C7H10BrIO3S/c1-2-13(11,12)7(8,9)6(10)5-3-4-5/h5H,2-4H2,1H3/t7-/m0/s1. The van der Waals surface area contributed by atoms with Crippen molar-refractivity contribution in [3.63, 3.8) is 0 Å². The van der Waals surface area contributed by atoms with Crippen molar-refractivity contribution in [3.05, 3.63) is 0 Å². The van der Waals surface area contributed by atoms with Gasteiger partial charge in [0.1, 0.15) is 0 Å². The van der Waals surface area contributed by atoms with Crippen LogP contribution in [0.2, 0.25) is 0 Å². The van der Waals surface area contributed by atoms with Crippen LogP contribution in [0.3, 0.4) is 0 Å². The van der Waals surface area contributed by atoms with Gasteiger partial charge in [-0.15, -0.1) is 0 Å². The summed E-state index contributed by atoms with van der Waals surface area (Å²) in [6.45, 7) is 1.55. The summed E-state index contributed by atoms with van der Waals surface area (Å²) in [6, 6.07) is 0. The normalized spacial score (nSPS) is 22.4. The molecule has 0 aromatic carbocycles. The van der Waals surface area contributed by atoms with Gasteiger partial charge in [0.05, 0.1) is 5.75 Å². The predicted molar refractivity (Wildman–Crippen MR) is 62.9 cm³/mol. The highest BCUT2D eigenvalue weighted by Gasteiger charge is 2.50. The van der Waals surface area contributed by atoms with E-state index in [-0.39, 0.29) is 17.5 Å². The molecule has 13 heavy (non-hydrogen) atoms. The van der Waals surface area contributed by atoms with Crippen LogP contribution in [0.15, 0.2) is 0 Å².